The number of hydrogen-bond acceptors (Lipinski definition) is 4. The molecule has 0 fully saturated rings. The van der Waals surface area contributed by atoms with Gasteiger partial charge >= 0.3 is 0 Å². The Bertz CT molecular complexity index is 423. The minimum Gasteiger partial charge on any atom is -0.393 e. The first-order valence-electron chi connectivity index (χ1n) is 4.82. The number of aliphatic hydroxyl groups is 1. The van der Waals surface area contributed by atoms with Gasteiger partial charge in [0.2, 0.25) is 11.7 Å². The second kappa shape index (κ2) is 4.23. The maximum atomic E-state index is 9.16. The van der Waals surface area contributed by atoms with Crippen LogP contribution >= 0.6 is 0 Å². The van der Waals surface area contributed by atoms with E-state index in [1.807, 2.05) is 30.3 Å². The van der Waals surface area contributed by atoms with E-state index in [9.17, 15) is 0 Å². The summed E-state index contributed by atoms with van der Waals surface area (Å²) in [5.74, 6) is 1.02. The van der Waals surface area contributed by atoms with E-state index in [0.717, 1.165) is 5.56 Å². The Labute approximate surface area is 87.6 Å². The minimum atomic E-state index is -0.464. The lowest BCUT2D eigenvalue weighted by molar-refractivity contribution is 0.181. The molecule has 1 aromatic heterocycles. The Morgan fingerprint density at radius 3 is 2.73 bits per heavy atom. The van der Waals surface area contributed by atoms with Gasteiger partial charge in [-0.2, -0.15) is 4.98 Å². The van der Waals surface area contributed by atoms with Crippen LogP contribution in [0.5, 0.6) is 0 Å². The number of hydrogen-bond donors (Lipinski definition) is 1. The van der Waals surface area contributed by atoms with Crippen molar-refractivity contribution in [1.29, 1.82) is 0 Å². The van der Waals surface area contributed by atoms with Gasteiger partial charge in [-0.1, -0.05) is 35.5 Å². The van der Waals surface area contributed by atoms with E-state index >= 15 is 0 Å². The first kappa shape index (κ1) is 9.86. The van der Waals surface area contributed by atoms with Gasteiger partial charge in [-0.25, -0.2) is 0 Å². The summed E-state index contributed by atoms with van der Waals surface area (Å²) in [5, 5.41) is 13.0. The standard InChI is InChI=1S/C11H12N2O2/c1-8(14)7-10-12-11(13-15-10)9-5-3-2-4-6-9/h2-6,8,14H,7H2,1H3. The third kappa shape index (κ3) is 2.41. The summed E-state index contributed by atoms with van der Waals surface area (Å²) in [6.07, 6.45) is -0.0751. The van der Waals surface area contributed by atoms with Gasteiger partial charge in [-0.3, -0.25) is 0 Å². The van der Waals surface area contributed by atoms with Crippen molar-refractivity contribution in [2.45, 2.75) is 19.4 Å². The molecule has 1 aromatic carbocycles. The van der Waals surface area contributed by atoms with Gasteiger partial charge in [-0.05, 0) is 6.92 Å². The summed E-state index contributed by atoms with van der Waals surface area (Å²) in [6.45, 7) is 1.69. The first-order chi connectivity index (χ1) is 7.25. The van der Waals surface area contributed by atoms with Gasteiger partial charge in [0, 0.05) is 5.56 Å². The van der Waals surface area contributed by atoms with Gasteiger partial charge in [0.25, 0.3) is 0 Å². The third-order valence-electron chi connectivity index (χ3n) is 1.97. The van der Waals surface area contributed by atoms with Crippen molar-refractivity contribution < 1.29 is 9.63 Å². The average Bonchev–Trinajstić information content (AvgIpc) is 2.67. The monoisotopic (exact) mass is 204 g/mol. The van der Waals surface area contributed by atoms with Crippen molar-refractivity contribution in [2.24, 2.45) is 0 Å². The van der Waals surface area contributed by atoms with E-state index in [2.05, 4.69) is 10.1 Å². The fraction of sp³-hybridized carbons (Fsp3) is 0.273. The van der Waals surface area contributed by atoms with Crippen LogP contribution in [-0.4, -0.2) is 21.4 Å². The molecule has 0 aliphatic heterocycles. The van der Waals surface area contributed by atoms with Crippen molar-refractivity contribution in [3.63, 3.8) is 0 Å². The van der Waals surface area contributed by atoms with Gasteiger partial charge in [0.05, 0.1) is 12.5 Å². The second-order valence-corrected chi connectivity index (χ2v) is 3.43. The van der Waals surface area contributed by atoms with Crippen LogP contribution in [0.1, 0.15) is 12.8 Å². The molecule has 4 nitrogen and oxygen atoms in total. The van der Waals surface area contributed by atoms with Crippen LogP contribution in [0.15, 0.2) is 34.9 Å². The van der Waals surface area contributed by atoms with E-state index in [0.29, 0.717) is 18.1 Å². The van der Waals surface area contributed by atoms with E-state index in [-0.39, 0.29) is 0 Å². The Morgan fingerprint density at radius 2 is 2.07 bits per heavy atom. The fourth-order valence-electron chi connectivity index (χ4n) is 1.29. The highest BCUT2D eigenvalue weighted by Crippen LogP contribution is 2.15. The quantitative estimate of drug-likeness (QED) is 0.826. The highest BCUT2D eigenvalue weighted by atomic mass is 16.5. The van der Waals surface area contributed by atoms with Gasteiger partial charge < -0.3 is 9.63 Å². The third-order valence-corrected chi connectivity index (χ3v) is 1.97. The summed E-state index contributed by atoms with van der Waals surface area (Å²) in [5.41, 5.74) is 0.915. The van der Waals surface area contributed by atoms with Crippen LogP contribution in [0.2, 0.25) is 0 Å². The highest BCUT2D eigenvalue weighted by Gasteiger charge is 2.09. The number of aromatic nitrogens is 2. The van der Waals surface area contributed by atoms with Crippen LogP contribution < -0.4 is 0 Å². The Hall–Kier alpha value is -1.68. The molecule has 4 heteroatoms. The fourth-order valence-corrected chi connectivity index (χ4v) is 1.29. The molecule has 0 saturated carbocycles. The largest absolute Gasteiger partial charge is 0.393 e. The van der Waals surface area contributed by atoms with Gasteiger partial charge in [0.1, 0.15) is 0 Å². The number of rotatable bonds is 3. The van der Waals surface area contributed by atoms with Crippen LogP contribution in [0.25, 0.3) is 11.4 Å². The molecule has 0 spiro atoms. The lowest BCUT2D eigenvalue weighted by Crippen LogP contribution is -2.04. The molecular formula is C11H12N2O2. The zero-order chi connectivity index (χ0) is 10.7. The molecule has 0 aliphatic rings. The first-order valence-corrected chi connectivity index (χ1v) is 4.82. The van der Waals surface area contributed by atoms with E-state index < -0.39 is 6.10 Å². The van der Waals surface area contributed by atoms with E-state index in [4.69, 9.17) is 9.63 Å². The molecule has 2 aromatic rings. The molecular weight excluding hydrogens is 192 g/mol. The molecule has 78 valence electrons. The number of aliphatic hydroxyl groups excluding tert-OH is 1. The van der Waals surface area contributed by atoms with Crippen LogP contribution in [-0.2, 0) is 6.42 Å². The Balaban J connectivity index is 2.21. The summed E-state index contributed by atoms with van der Waals surface area (Å²) >= 11 is 0. The molecule has 15 heavy (non-hydrogen) atoms. The molecule has 1 unspecified atom stereocenters. The Morgan fingerprint density at radius 1 is 1.33 bits per heavy atom. The predicted molar refractivity (Wildman–Crippen MR) is 55.1 cm³/mol. The molecule has 2 rings (SSSR count). The average molecular weight is 204 g/mol. The summed E-state index contributed by atoms with van der Waals surface area (Å²) in [4.78, 5) is 4.18. The lowest BCUT2D eigenvalue weighted by atomic mass is 10.2. The molecule has 0 radical (unpaired) electrons. The number of nitrogens with zero attached hydrogens (tertiary/aromatic N) is 2. The topological polar surface area (TPSA) is 59.2 Å². The molecule has 1 heterocycles. The van der Waals surface area contributed by atoms with Crippen molar-refractivity contribution >= 4 is 0 Å². The molecule has 1 N–H and O–H groups in total. The molecule has 0 aliphatic carbocycles. The second-order valence-electron chi connectivity index (χ2n) is 3.43. The zero-order valence-corrected chi connectivity index (χ0v) is 8.42. The Kier molecular flexibility index (Phi) is 2.78. The summed E-state index contributed by atoms with van der Waals surface area (Å²) in [7, 11) is 0. The van der Waals surface area contributed by atoms with Gasteiger partial charge in [-0.15, -0.1) is 0 Å². The number of benzene rings is 1. The smallest absolute Gasteiger partial charge is 0.229 e. The maximum Gasteiger partial charge on any atom is 0.229 e. The highest BCUT2D eigenvalue weighted by molar-refractivity contribution is 5.53. The summed E-state index contributed by atoms with van der Waals surface area (Å²) < 4.78 is 5.01. The normalized spacial score (nSPS) is 12.7. The SMILES string of the molecule is CC(O)Cc1nc(-c2ccccc2)no1. The van der Waals surface area contributed by atoms with E-state index in [1.165, 1.54) is 0 Å². The van der Waals surface area contributed by atoms with Crippen LogP contribution in [0.3, 0.4) is 0 Å². The minimum absolute atomic E-state index is 0.389. The van der Waals surface area contributed by atoms with Crippen molar-refractivity contribution in [1.82, 2.24) is 10.1 Å². The van der Waals surface area contributed by atoms with Crippen molar-refractivity contribution in [3.8, 4) is 11.4 Å². The molecule has 0 bridgehead atoms. The van der Waals surface area contributed by atoms with Gasteiger partial charge in [0.15, 0.2) is 0 Å². The molecule has 0 amide bonds. The molecule has 1 atom stereocenters. The van der Waals surface area contributed by atoms with Crippen molar-refractivity contribution in [2.75, 3.05) is 0 Å². The van der Waals surface area contributed by atoms with Crippen molar-refractivity contribution in [3.05, 3.63) is 36.2 Å². The van der Waals surface area contributed by atoms with E-state index in [1.54, 1.807) is 6.92 Å². The van der Waals surface area contributed by atoms with Crippen LogP contribution in [0, 0.1) is 0 Å². The lowest BCUT2D eigenvalue weighted by Gasteiger charge is -1.95. The van der Waals surface area contributed by atoms with Crippen LogP contribution in [0.4, 0.5) is 0 Å². The summed E-state index contributed by atoms with van der Waals surface area (Å²) in [6, 6.07) is 9.59. The zero-order valence-electron chi connectivity index (χ0n) is 8.42. The maximum absolute atomic E-state index is 9.16. The molecule has 0 saturated heterocycles. The predicted octanol–water partition coefficient (Wildman–Crippen LogP) is 1.66.